The fourth-order valence-electron chi connectivity index (χ4n) is 1.40. The lowest BCUT2D eigenvalue weighted by Crippen LogP contribution is -2.42. The number of halogens is 1. The maximum atomic E-state index is 13.5. The Morgan fingerprint density at radius 3 is 2.35 bits per heavy atom. The lowest BCUT2D eigenvalue weighted by Gasteiger charge is -2.22. The highest BCUT2D eigenvalue weighted by Gasteiger charge is 2.27. The molecule has 0 unspecified atom stereocenters. The zero-order valence-electron chi connectivity index (χ0n) is 11.8. The quantitative estimate of drug-likeness (QED) is 0.861. The Labute approximate surface area is 118 Å². The van der Waals surface area contributed by atoms with Gasteiger partial charge in [-0.25, -0.2) is 12.8 Å². The van der Waals surface area contributed by atoms with Crippen LogP contribution in [0.3, 0.4) is 0 Å². The molecule has 0 aromatic heterocycles. The molecule has 0 spiro atoms. The van der Waals surface area contributed by atoms with E-state index < -0.39 is 38.3 Å². The molecule has 0 aliphatic carbocycles. The molecule has 0 saturated carbocycles. The smallest absolute Gasteiger partial charge is 0.324 e. The van der Waals surface area contributed by atoms with Gasteiger partial charge in [0.25, 0.3) is 0 Å². The number of benzene rings is 1. The van der Waals surface area contributed by atoms with Crippen LogP contribution in [0.15, 0.2) is 29.2 Å². The van der Waals surface area contributed by atoms with Crippen LogP contribution in [-0.2, 0) is 19.6 Å². The van der Waals surface area contributed by atoms with Gasteiger partial charge in [-0.2, -0.15) is 4.72 Å². The average Bonchev–Trinajstić information content (AvgIpc) is 2.26. The van der Waals surface area contributed by atoms with Gasteiger partial charge in [-0.3, -0.25) is 4.79 Å². The molecule has 1 atom stereocenters. The van der Waals surface area contributed by atoms with E-state index in [4.69, 9.17) is 4.74 Å². The fourth-order valence-corrected chi connectivity index (χ4v) is 2.67. The van der Waals surface area contributed by atoms with Crippen molar-refractivity contribution in [2.45, 2.75) is 44.2 Å². The second-order valence-electron chi connectivity index (χ2n) is 5.31. The van der Waals surface area contributed by atoms with Crippen LogP contribution in [0.4, 0.5) is 4.39 Å². The van der Waals surface area contributed by atoms with Crippen LogP contribution in [0, 0.1) is 5.82 Å². The van der Waals surface area contributed by atoms with E-state index in [1.54, 1.807) is 20.8 Å². The summed E-state index contributed by atoms with van der Waals surface area (Å²) >= 11 is 0. The van der Waals surface area contributed by atoms with Crippen molar-refractivity contribution >= 4 is 16.0 Å². The molecule has 0 heterocycles. The van der Waals surface area contributed by atoms with Crippen LogP contribution < -0.4 is 4.72 Å². The maximum absolute atomic E-state index is 13.5. The van der Waals surface area contributed by atoms with Crippen molar-refractivity contribution in [2.75, 3.05) is 0 Å². The van der Waals surface area contributed by atoms with Gasteiger partial charge in [-0.1, -0.05) is 12.1 Å². The van der Waals surface area contributed by atoms with Gasteiger partial charge in [0.15, 0.2) is 0 Å². The second-order valence-corrected chi connectivity index (χ2v) is 6.99. The third-order valence-corrected chi connectivity index (χ3v) is 3.79. The minimum Gasteiger partial charge on any atom is -0.459 e. The number of nitrogens with one attached hydrogen (secondary N) is 1. The highest BCUT2D eigenvalue weighted by atomic mass is 32.2. The van der Waals surface area contributed by atoms with Gasteiger partial charge < -0.3 is 4.74 Å². The average molecular weight is 303 g/mol. The van der Waals surface area contributed by atoms with E-state index in [2.05, 4.69) is 4.72 Å². The molecule has 7 heteroatoms. The number of carbonyl (C=O) groups is 1. The van der Waals surface area contributed by atoms with Gasteiger partial charge in [-0.15, -0.1) is 0 Å². The summed E-state index contributed by atoms with van der Waals surface area (Å²) < 4.78 is 44.6. The minimum absolute atomic E-state index is 0.504. The largest absolute Gasteiger partial charge is 0.459 e. The Morgan fingerprint density at radius 2 is 1.85 bits per heavy atom. The molecule has 0 aliphatic heterocycles. The third kappa shape index (κ3) is 4.57. The molecule has 0 fully saturated rings. The molecule has 1 rings (SSSR count). The summed E-state index contributed by atoms with van der Waals surface area (Å²) in [5.74, 6) is -1.60. The van der Waals surface area contributed by atoms with Crippen molar-refractivity contribution in [3.05, 3.63) is 30.1 Å². The Morgan fingerprint density at radius 1 is 1.30 bits per heavy atom. The van der Waals surface area contributed by atoms with Crippen LogP contribution >= 0.6 is 0 Å². The van der Waals surface area contributed by atoms with Gasteiger partial charge >= 0.3 is 5.97 Å². The molecule has 20 heavy (non-hydrogen) atoms. The van der Waals surface area contributed by atoms with Crippen LogP contribution in [0.1, 0.15) is 27.7 Å². The van der Waals surface area contributed by atoms with Gasteiger partial charge in [0, 0.05) is 0 Å². The first-order valence-electron chi connectivity index (χ1n) is 6.02. The van der Waals surface area contributed by atoms with E-state index in [-0.39, 0.29) is 0 Å². The predicted molar refractivity (Wildman–Crippen MR) is 72.0 cm³/mol. The second kappa shape index (κ2) is 5.88. The lowest BCUT2D eigenvalue weighted by molar-refractivity contribution is -0.156. The zero-order valence-corrected chi connectivity index (χ0v) is 12.6. The zero-order chi connectivity index (χ0) is 15.6. The highest BCUT2D eigenvalue weighted by molar-refractivity contribution is 7.89. The Bertz CT molecular complexity index is 593. The van der Waals surface area contributed by atoms with Crippen molar-refractivity contribution in [3.8, 4) is 0 Å². The molecule has 0 radical (unpaired) electrons. The number of esters is 1. The molecule has 0 amide bonds. The molecule has 0 bridgehead atoms. The number of rotatable bonds is 4. The summed E-state index contributed by atoms with van der Waals surface area (Å²) in [6.07, 6.45) is 0. The molecular formula is C13H18FNO4S. The number of sulfonamides is 1. The first-order valence-corrected chi connectivity index (χ1v) is 7.51. The van der Waals surface area contributed by atoms with Crippen molar-refractivity contribution in [2.24, 2.45) is 0 Å². The summed E-state index contributed by atoms with van der Waals surface area (Å²) in [6.45, 7) is 6.35. The molecule has 5 nitrogen and oxygen atoms in total. The molecule has 1 aromatic carbocycles. The third-order valence-electron chi connectivity index (χ3n) is 2.22. The van der Waals surface area contributed by atoms with Crippen molar-refractivity contribution < 1.29 is 22.3 Å². The first-order chi connectivity index (χ1) is 9.03. The molecule has 0 saturated heterocycles. The number of carbonyl (C=O) groups excluding carboxylic acids is 1. The Hall–Kier alpha value is -1.47. The van der Waals surface area contributed by atoms with Crippen molar-refractivity contribution in [1.29, 1.82) is 0 Å². The first kappa shape index (κ1) is 16.6. The monoisotopic (exact) mass is 303 g/mol. The Balaban J connectivity index is 2.87. The van der Waals surface area contributed by atoms with Crippen LogP contribution in [0.2, 0.25) is 0 Å². The maximum Gasteiger partial charge on any atom is 0.324 e. The lowest BCUT2D eigenvalue weighted by atomic mass is 10.2. The normalized spacial score (nSPS) is 13.8. The summed E-state index contributed by atoms with van der Waals surface area (Å²) in [5, 5.41) is 0. The van der Waals surface area contributed by atoms with Gasteiger partial charge in [0.2, 0.25) is 10.0 Å². The highest BCUT2D eigenvalue weighted by Crippen LogP contribution is 2.14. The Kier molecular flexibility index (Phi) is 4.88. The summed E-state index contributed by atoms with van der Waals surface area (Å²) in [6, 6.07) is 3.83. The van der Waals surface area contributed by atoms with Crippen LogP contribution in [0.25, 0.3) is 0 Å². The van der Waals surface area contributed by atoms with Crippen molar-refractivity contribution in [3.63, 3.8) is 0 Å². The fraction of sp³-hybridized carbons (Fsp3) is 0.462. The van der Waals surface area contributed by atoms with Gasteiger partial charge in [0.1, 0.15) is 22.4 Å². The molecule has 112 valence electrons. The van der Waals surface area contributed by atoms with E-state index in [9.17, 15) is 17.6 Å². The van der Waals surface area contributed by atoms with E-state index >= 15 is 0 Å². The molecule has 0 aliphatic rings. The molecule has 1 aromatic rings. The van der Waals surface area contributed by atoms with Crippen molar-refractivity contribution in [1.82, 2.24) is 4.72 Å². The molecule has 1 N–H and O–H groups in total. The predicted octanol–water partition coefficient (Wildman–Crippen LogP) is 1.83. The van der Waals surface area contributed by atoms with Crippen LogP contribution in [0.5, 0.6) is 0 Å². The van der Waals surface area contributed by atoms with Gasteiger partial charge in [-0.05, 0) is 39.8 Å². The topological polar surface area (TPSA) is 72.5 Å². The van der Waals surface area contributed by atoms with Gasteiger partial charge in [0.05, 0.1) is 0 Å². The number of hydrogen-bond donors (Lipinski definition) is 1. The van der Waals surface area contributed by atoms with E-state index in [0.717, 1.165) is 12.1 Å². The number of hydrogen-bond acceptors (Lipinski definition) is 4. The SMILES string of the molecule is C[C@@H](NS(=O)(=O)c1ccccc1F)C(=O)OC(C)(C)C. The van der Waals surface area contributed by atoms with E-state index in [1.807, 2.05) is 0 Å². The van der Waals surface area contributed by atoms with E-state index in [0.29, 0.717) is 0 Å². The van der Waals surface area contributed by atoms with Crippen LogP contribution in [-0.4, -0.2) is 26.0 Å². The van der Waals surface area contributed by atoms with E-state index in [1.165, 1.54) is 19.1 Å². The minimum atomic E-state index is -4.12. The summed E-state index contributed by atoms with van der Waals surface area (Å²) in [5.41, 5.74) is -0.727. The standard InChI is InChI=1S/C13H18FNO4S/c1-9(12(16)19-13(2,3)4)15-20(17,18)11-8-6-5-7-10(11)14/h5-9,15H,1-4H3/t9-/m1/s1. The molecular weight excluding hydrogens is 285 g/mol. The number of ether oxygens (including phenoxy) is 1. The summed E-state index contributed by atoms with van der Waals surface area (Å²) in [4.78, 5) is 11.2. The summed E-state index contributed by atoms with van der Waals surface area (Å²) in [7, 11) is -4.12.